The number of carbonyl (C=O) groups is 1. The molecule has 1 aliphatic carbocycles. The zero-order valence-electron chi connectivity index (χ0n) is 13.5. The molecule has 1 aliphatic heterocycles. The zero-order chi connectivity index (χ0) is 17.1. The maximum Gasteiger partial charge on any atom is 0.315 e. The first-order valence-corrected chi connectivity index (χ1v) is 8.45. The van der Waals surface area contributed by atoms with Crippen LogP contribution in [0.25, 0.3) is 0 Å². The number of carbonyl (C=O) groups excluding carboxylic acids is 1. The van der Waals surface area contributed by atoms with E-state index in [1.54, 1.807) is 4.90 Å². The minimum atomic E-state index is -0.599. The molecule has 7 heteroatoms. The molecule has 3 N–H and O–H groups in total. The highest BCUT2D eigenvalue weighted by molar-refractivity contribution is 5.74. The van der Waals surface area contributed by atoms with Crippen LogP contribution >= 0.6 is 0 Å². The van der Waals surface area contributed by atoms with Crippen molar-refractivity contribution in [2.24, 2.45) is 5.92 Å². The fourth-order valence-electron chi connectivity index (χ4n) is 3.55. The van der Waals surface area contributed by atoms with Crippen molar-refractivity contribution in [2.45, 2.75) is 37.8 Å². The Morgan fingerprint density at radius 1 is 1.29 bits per heavy atom. The molecule has 0 bridgehead atoms. The Labute approximate surface area is 140 Å². The molecule has 1 aromatic rings. The molecule has 2 amide bonds. The summed E-state index contributed by atoms with van der Waals surface area (Å²) < 4.78 is 26.8. The Balaban J connectivity index is 1.46. The Hall–Kier alpha value is -1.89. The van der Waals surface area contributed by atoms with E-state index in [9.17, 15) is 18.7 Å². The summed E-state index contributed by atoms with van der Waals surface area (Å²) in [6.45, 7) is 1.56. The number of urea groups is 1. The number of benzene rings is 1. The van der Waals surface area contributed by atoms with E-state index in [4.69, 9.17) is 0 Å². The van der Waals surface area contributed by atoms with Gasteiger partial charge in [-0.2, -0.15) is 0 Å². The van der Waals surface area contributed by atoms with Crippen molar-refractivity contribution in [1.29, 1.82) is 0 Å². The molecule has 0 aromatic heterocycles. The van der Waals surface area contributed by atoms with Gasteiger partial charge in [-0.25, -0.2) is 13.6 Å². The van der Waals surface area contributed by atoms with E-state index in [1.807, 2.05) is 0 Å². The molecular formula is C17H23F2N3O2. The third-order valence-corrected chi connectivity index (χ3v) is 4.92. The van der Waals surface area contributed by atoms with Gasteiger partial charge >= 0.3 is 6.03 Å². The lowest BCUT2D eigenvalue weighted by Gasteiger charge is -2.20. The number of amides is 2. The van der Waals surface area contributed by atoms with Gasteiger partial charge in [0.1, 0.15) is 11.6 Å². The van der Waals surface area contributed by atoms with Gasteiger partial charge in [-0.3, -0.25) is 0 Å². The number of hydrogen-bond donors (Lipinski definition) is 3. The van der Waals surface area contributed by atoms with Crippen LogP contribution in [-0.4, -0.2) is 42.9 Å². The summed E-state index contributed by atoms with van der Waals surface area (Å²) >= 11 is 0. The molecule has 3 atom stereocenters. The standard InChI is InChI=1S/C17H23F2N3O2/c18-12-4-5-15(14(19)8-12)22-7-6-13(10-22)21-17(24)20-9-11-2-1-3-16(11)23/h4-5,8,11,13,16,23H,1-3,6-7,9-10H2,(H2,20,21,24)/t11-,13+,16-/m0/s1. The minimum Gasteiger partial charge on any atom is -0.393 e. The van der Waals surface area contributed by atoms with E-state index in [2.05, 4.69) is 10.6 Å². The van der Waals surface area contributed by atoms with Crippen molar-refractivity contribution >= 4 is 11.7 Å². The number of nitrogens with zero attached hydrogens (tertiary/aromatic N) is 1. The maximum atomic E-state index is 13.8. The van der Waals surface area contributed by atoms with Gasteiger partial charge in [-0.15, -0.1) is 0 Å². The van der Waals surface area contributed by atoms with Crippen LogP contribution in [0.2, 0.25) is 0 Å². The lowest BCUT2D eigenvalue weighted by molar-refractivity contribution is 0.132. The Morgan fingerprint density at radius 3 is 2.83 bits per heavy atom. The summed E-state index contributed by atoms with van der Waals surface area (Å²) in [4.78, 5) is 13.8. The van der Waals surface area contributed by atoms with Crippen molar-refractivity contribution in [3.05, 3.63) is 29.8 Å². The van der Waals surface area contributed by atoms with Gasteiger partial charge < -0.3 is 20.6 Å². The van der Waals surface area contributed by atoms with Crippen molar-refractivity contribution in [3.63, 3.8) is 0 Å². The summed E-state index contributed by atoms with van der Waals surface area (Å²) in [6, 6.07) is 3.19. The van der Waals surface area contributed by atoms with Crippen molar-refractivity contribution in [1.82, 2.24) is 10.6 Å². The summed E-state index contributed by atoms with van der Waals surface area (Å²) in [5.74, 6) is -1.06. The van der Waals surface area contributed by atoms with Gasteiger partial charge in [0.05, 0.1) is 11.8 Å². The predicted octanol–water partition coefficient (Wildman–Crippen LogP) is 2.00. The third kappa shape index (κ3) is 3.95. The molecule has 1 saturated heterocycles. The Bertz CT molecular complexity index is 599. The topological polar surface area (TPSA) is 64.6 Å². The van der Waals surface area contributed by atoms with E-state index in [-0.39, 0.29) is 24.1 Å². The lowest BCUT2D eigenvalue weighted by atomic mass is 10.1. The molecule has 1 aromatic carbocycles. The highest BCUT2D eigenvalue weighted by Gasteiger charge is 2.28. The number of nitrogens with one attached hydrogen (secondary N) is 2. The van der Waals surface area contributed by atoms with Crippen LogP contribution in [-0.2, 0) is 0 Å². The van der Waals surface area contributed by atoms with E-state index in [0.29, 0.717) is 31.7 Å². The predicted molar refractivity (Wildman–Crippen MR) is 86.9 cm³/mol. The summed E-state index contributed by atoms with van der Waals surface area (Å²) in [7, 11) is 0. The van der Waals surface area contributed by atoms with Crippen molar-refractivity contribution < 1.29 is 18.7 Å². The van der Waals surface area contributed by atoms with E-state index in [1.165, 1.54) is 12.1 Å². The van der Waals surface area contributed by atoms with Gasteiger partial charge in [0, 0.05) is 37.7 Å². The average molecular weight is 339 g/mol. The molecule has 0 spiro atoms. The average Bonchev–Trinajstić information content (AvgIpc) is 3.14. The summed E-state index contributed by atoms with van der Waals surface area (Å²) in [6.07, 6.45) is 3.11. The van der Waals surface area contributed by atoms with E-state index >= 15 is 0 Å². The van der Waals surface area contributed by atoms with E-state index in [0.717, 1.165) is 25.3 Å². The number of aliphatic hydroxyl groups is 1. The molecule has 1 heterocycles. The van der Waals surface area contributed by atoms with Gasteiger partial charge in [0.2, 0.25) is 0 Å². The molecule has 0 unspecified atom stereocenters. The normalized spacial score (nSPS) is 26.6. The Kier molecular flexibility index (Phi) is 5.18. The number of rotatable bonds is 4. The molecule has 2 aliphatic rings. The second-order valence-electron chi connectivity index (χ2n) is 6.64. The van der Waals surface area contributed by atoms with Gasteiger partial charge in [-0.05, 0) is 31.4 Å². The first kappa shape index (κ1) is 17.0. The third-order valence-electron chi connectivity index (χ3n) is 4.92. The molecule has 1 saturated carbocycles. The second kappa shape index (κ2) is 7.34. The van der Waals surface area contributed by atoms with Crippen LogP contribution in [0.4, 0.5) is 19.3 Å². The second-order valence-corrected chi connectivity index (χ2v) is 6.64. The molecule has 132 valence electrons. The summed E-state index contributed by atoms with van der Waals surface area (Å²) in [5.41, 5.74) is 0.357. The molecular weight excluding hydrogens is 316 g/mol. The molecule has 2 fully saturated rings. The number of aliphatic hydroxyl groups excluding tert-OH is 1. The fraction of sp³-hybridized carbons (Fsp3) is 0.588. The van der Waals surface area contributed by atoms with Crippen LogP contribution < -0.4 is 15.5 Å². The van der Waals surface area contributed by atoms with E-state index < -0.39 is 11.6 Å². The minimum absolute atomic E-state index is 0.0806. The number of hydrogen-bond acceptors (Lipinski definition) is 3. The van der Waals surface area contributed by atoms with Crippen LogP contribution in [0.5, 0.6) is 0 Å². The quantitative estimate of drug-likeness (QED) is 0.786. The van der Waals surface area contributed by atoms with Crippen LogP contribution in [0, 0.1) is 17.6 Å². The molecule has 24 heavy (non-hydrogen) atoms. The van der Waals surface area contributed by atoms with Crippen LogP contribution in [0.1, 0.15) is 25.7 Å². The van der Waals surface area contributed by atoms with Crippen LogP contribution in [0.15, 0.2) is 18.2 Å². The van der Waals surface area contributed by atoms with Gasteiger partial charge in [-0.1, -0.05) is 6.42 Å². The van der Waals surface area contributed by atoms with Gasteiger partial charge in [0.15, 0.2) is 0 Å². The fourth-order valence-corrected chi connectivity index (χ4v) is 3.55. The lowest BCUT2D eigenvalue weighted by Crippen LogP contribution is -2.45. The van der Waals surface area contributed by atoms with Crippen LogP contribution in [0.3, 0.4) is 0 Å². The highest BCUT2D eigenvalue weighted by atomic mass is 19.1. The molecule has 5 nitrogen and oxygen atoms in total. The largest absolute Gasteiger partial charge is 0.393 e. The first-order valence-electron chi connectivity index (χ1n) is 8.45. The SMILES string of the molecule is O=C(NC[C@@H]1CCC[C@@H]1O)N[C@@H]1CCN(c2ccc(F)cc2F)C1. The van der Waals surface area contributed by atoms with Crippen molar-refractivity contribution in [3.8, 4) is 0 Å². The first-order chi connectivity index (χ1) is 11.5. The molecule has 3 rings (SSSR count). The zero-order valence-corrected chi connectivity index (χ0v) is 13.5. The highest BCUT2D eigenvalue weighted by Crippen LogP contribution is 2.25. The molecule has 0 radical (unpaired) electrons. The number of anilines is 1. The Morgan fingerprint density at radius 2 is 2.12 bits per heavy atom. The van der Waals surface area contributed by atoms with Crippen molar-refractivity contribution in [2.75, 3.05) is 24.5 Å². The smallest absolute Gasteiger partial charge is 0.315 e. The maximum absolute atomic E-state index is 13.8. The summed E-state index contributed by atoms with van der Waals surface area (Å²) in [5, 5.41) is 15.4. The van der Waals surface area contributed by atoms with Gasteiger partial charge in [0.25, 0.3) is 0 Å². The monoisotopic (exact) mass is 339 g/mol. The number of halogens is 2.